The van der Waals surface area contributed by atoms with Gasteiger partial charge < -0.3 is 29.0 Å². The predicted molar refractivity (Wildman–Crippen MR) is 125 cm³/mol. The van der Waals surface area contributed by atoms with E-state index in [1.807, 2.05) is 36.5 Å². The molecule has 7 heteroatoms. The number of nitrogens with one attached hydrogen (secondary N) is 1. The van der Waals surface area contributed by atoms with E-state index >= 15 is 0 Å². The first kappa shape index (κ1) is 20.8. The van der Waals surface area contributed by atoms with Gasteiger partial charge in [0, 0.05) is 37.1 Å². The quantitative estimate of drug-likeness (QED) is 0.655. The lowest BCUT2D eigenvalue weighted by Crippen LogP contribution is -2.37. The van der Waals surface area contributed by atoms with Crippen molar-refractivity contribution in [1.82, 2.24) is 14.8 Å². The van der Waals surface area contributed by atoms with Gasteiger partial charge in [-0.3, -0.25) is 0 Å². The zero-order chi connectivity index (χ0) is 22.1. The third-order valence-corrected chi connectivity index (χ3v) is 6.18. The molecule has 0 radical (unpaired) electrons. The Labute approximate surface area is 193 Å². The first-order chi connectivity index (χ1) is 15.6. The van der Waals surface area contributed by atoms with E-state index in [0.29, 0.717) is 5.88 Å². The largest absolute Gasteiger partial charge is 0.497 e. The topological polar surface area (TPSA) is 50.0 Å². The number of H-pyrrole nitrogens is 1. The molecule has 4 heterocycles. The molecule has 1 aromatic heterocycles. The van der Waals surface area contributed by atoms with Crippen LogP contribution in [-0.4, -0.2) is 48.2 Å². The number of hydrogen-bond donors (Lipinski definition) is 1. The summed E-state index contributed by atoms with van der Waals surface area (Å²) in [7, 11) is 1.65. The lowest BCUT2D eigenvalue weighted by molar-refractivity contribution is 0.0547. The third kappa shape index (κ3) is 4.04. The molecule has 0 bridgehead atoms. The van der Waals surface area contributed by atoms with Gasteiger partial charge in [0.1, 0.15) is 11.5 Å². The lowest BCUT2D eigenvalue weighted by Gasteiger charge is -2.38. The number of rotatable bonds is 5. The Morgan fingerprint density at radius 1 is 1.09 bits per heavy atom. The maximum Gasteiger partial charge on any atom is 0.198 e. The third-order valence-electron chi connectivity index (χ3n) is 5.88. The van der Waals surface area contributed by atoms with Crippen LogP contribution in [0.2, 0.25) is 0 Å². The summed E-state index contributed by atoms with van der Waals surface area (Å²) in [6, 6.07) is 9.56. The average molecular weight is 452 g/mol. The second-order valence-electron chi connectivity index (χ2n) is 7.97. The van der Waals surface area contributed by atoms with Gasteiger partial charge in [0.2, 0.25) is 0 Å². The van der Waals surface area contributed by atoms with Crippen molar-refractivity contribution in [3.63, 3.8) is 0 Å². The SMILES string of the molecule is COc1ccc(Oc2cc(C3=C(C)CC=C4C(Cl)=CC(N5CCOCC5)=CN43)c[nH]2)cc1. The molecule has 166 valence electrons. The smallest absolute Gasteiger partial charge is 0.198 e. The van der Waals surface area contributed by atoms with E-state index in [-0.39, 0.29) is 0 Å². The summed E-state index contributed by atoms with van der Waals surface area (Å²) in [5.41, 5.74) is 5.57. The van der Waals surface area contributed by atoms with E-state index in [1.165, 1.54) is 5.57 Å². The molecule has 0 unspecified atom stereocenters. The molecular formula is C25H26ClN3O3. The van der Waals surface area contributed by atoms with Gasteiger partial charge in [-0.25, -0.2) is 0 Å². The van der Waals surface area contributed by atoms with E-state index < -0.39 is 0 Å². The molecule has 0 amide bonds. The van der Waals surface area contributed by atoms with Crippen molar-refractivity contribution in [2.24, 2.45) is 0 Å². The molecule has 3 aliphatic heterocycles. The molecule has 1 saturated heterocycles. The molecule has 0 aliphatic carbocycles. The fraction of sp³-hybridized carbons (Fsp3) is 0.280. The van der Waals surface area contributed by atoms with E-state index in [2.05, 4.69) is 40.1 Å². The van der Waals surface area contributed by atoms with E-state index in [9.17, 15) is 0 Å². The number of aromatic nitrogens is 1. The van der Waals surface area contributed by atoms with Crippen molar-refractivity contribution < 1.29 is 14.2 Å². The number of methoxy groups -OCH3 is 1. The second kappa shape index (κ2) is 8.81. The number of allylic oxidation sites excluding steroid dienone is 4. The fourth-order valence-electron chi connectivity index (χ4n) is 4.21. The summed E-state index contributed by atoms with van der Waals surface area (Å²) in [5, 5.41) is 0.754. The molecule has 3 aliphatic rings. The molecule has 5 rings (SSSR count). The fourth-order valence-corrected chi connectivity index (χ4v) is 4.49. The molecular weight excluding hydrogens is 426 g/mol. The maximum atomic E-state index is 6.73. The normalized spacial score (nSPS) is 18.7. The number of benzene rings is 1. The molecule has 2 aromatic rings. The van der Waals surface area contributed by atoms with Gasteiger partial charge in [-0.15, -0.1) is 0 Å². The van der Waals surface area contributed by atoms with Crippen LogP contribution in [0.15, 0.2) is 76.9 Å². The van der Waals surface area contributed by atoms with E-state index in [1.54, 1.807) is 7.11 Å². The molecule has 0 saturated carbocycles. The van der Waals surface area contributed by atoms with Gasteiger partial charge in [-0.1, -0.05) is 17.7 Å². The van der Waals surface area contributed by atoms with Crippen molar-refractivity contribution in [3.8, 4) is 17.4 Å². The van der Waals surface area contributed by atoms with Crippen molar-refractivity contribution >= 4 is 17.3 Å². The highest BCUT2D eigenvalue weighted by atomic mass is 35.5. The van der Waals surface area contributed by atoms with E-state index in [4.69, 9.17) is 25.8 Å². The number of morpholine rings is 1. The molecule has 0 atom stereocenters. The minimum absolute atomic E-state index is 0.678. The number of ether oxygens (including phenoxy) is 3. The standard InChI is InChI=1S/C25H26ClN3O3/c1-17-3-8-23-22(26)14-19(28-9-11-31-12-10-28)16-29(23)25(17)18-13-24(27-15-18)32-21-6-4-20(30-2)5-7-21/h4-8,13-16,27H,3,9-12H2,1-2H3. The first-order valence-corrected chi connectivity index (χ1v) is 11.1. The summed E-state index contributed by atoms with van der Waals surface area (Å²) in [6.45, 7) is 5.35. The summed E-state index contributed by atoms with van der Waals surface area (Å²) in [6.07, 6.45) is 9.26. The number of halogens is 1. The van der Waals surface area contributed by atoms with Crippen molar-refractivity contribution in [2.75, 3.05) is 33.4 Å². The number of aromatic amines is 1. The van der Waals surface area contributed by atoms with Gasteiger partial charge in [0.05, 0.1) is 42.4 Å². The molecule has 1 aromatic carbocycles. The number of fused-ring (bicyclic) bond motifs is 1. The van der Waals surface area contributed by atoms with Crippen LogP contribution >= 0.6 is 11.6 Å². The highest BCUT2D eigenvalue weighted by molar-refractivity contribution is 6.32. The Kier molecular flexibility index (Phi) is 5.72. The van der Waals surface area contributed by atoms with Gasteiger partial charge in [-0.2, -0.15) is 0 Å². The Morgan fingerprint density at radius 2 is 1.84 bits per heavy atom. The second-order valence-corrected chi connectivity index (χ2v) is 8.38. The molecule has 1 fully saturated rings. The highest BCUT2D eigenvalue weighted by Gasteiger charge is 2.28. The van der Waals surface area contributed by atoms with Crippen LogP contribution in [0.3, 0.4) is 0 Å². The minimum Gasteiger partial charge on any atom is -0.497 e. The Hall–Kier alpha value is -3.09. The van der Waals surface area contributed by atoms with Crippen LogP contribution in [0.5, 0.6) is 17.4 Å². The number of nitrogens with zero attached hydrogens (tertiary/aromatic N) is 2. The van der Waals surface area contributed by atoms with Crippen LogP contribution in [0.1, 0.15) is 18.9 Å². The van der Waals surface area contributed by atoms with Crippen LogP contribution in [0, 0.1) is 0 Å². The molecule has 0 spiro atoms. The monoisotopic (exact) mass is 451 g/mol. The molecule has 6 nitrogen and oxygen atoms in total. The molecule has 32 heavy (non-hydrogen) atoms. The highest BCUT2D eigenvalue weighted by Crippen LogP contribution is 2.41. The summed E-state index contributed by atoms with van der Waals surface area (Å²) in [5.74, 6) is 2.22. The van der Waals surface area contributed by atoms with Crippen LogP contribution in [-0.2, 0) is 4.74 Å². The van der Waals surface area contributed by atoms with Crippen LogP contribution < -0.4 is 9.47 Å². The Morgan fingerprint density at radius 3 is 2.59 bits per heavy atom. The maximum absolute atomic E-state index is 6.73. The minimum atomic E-state index is 0.678. The average Bonchev–Trinajstić information content (AvgIpc) is 3.27. The lowest BCUT2D eigenvalue weighted by atomic mass is 9.99. The van der Waals surface area contributed by atoms with Gasteiger partial charge in [0.15, 0.2) is 5.88 Å². The zero-order valence-electron chi connectivity index (χ0n) is 18.2. The van der Waals surface area contributed by atoms with Crippen molar-refractivity contribution in [1.29, 1.82) is 0 Å². The summed E-state index contributed by atoms with van der Waals surface area (Å²) < 4.78 is 16.7. The Balaban J connectivity index is 1.42. The van der Waals surface area contributed by atoms with Crippen molar-refractivity contribution in [3.05, 3.63) is 82.4 Å². The summed E-state index contributed by atoms with van der Waals surface area (Å²) in [4.78, 5) is 7.77. The number of hydrogen-bond acceptors (Lipinski definition) is 5. The summed E-state index contributed by atoms with van der Waals surface area (Å²) >= 11 is 6.73. The van der Waals surface area contributed by atoms with Crippen LogP contribution in [0.4, 0.5) is 0 Å². The van der Waals surface area contributed by atoms with Crippen molar-refractivity contribution in [2.45, 2.75) is 13.3 Å². The predicted octanol–water partition coefficient (Wildman–Crippen LogP) is 5.45. The Bertz CT molecular complexity index is 1120. The zero-order valence-corrected chi connectivity index (χ0v) is 19.0. The van der Waals surface area contributed by atoms with Gasteiger partial charge in [-0.05, 0) is 49.3 Å². The molecule has 1 N–H and O–H groups in total. The first-order valence-electron chi connectivity index (χ1n) is 10.7. The van der Waals surface area contributed by atoms with Gasteiger partial charge in [0.25, 0.3) is 0 Å². The van der Waals surface area contributed by atoms with E-state index in [0.717, 1.165) is 71.9 Å². The van der Waals surface area contributed by atoms with Crippen LogP contribution in [0.25, 0.3) is 5.70 Å². The van der Waals surface area contributed by atoms with Gasteiger partial charge >= 0.3 is 0 Å².